The van der Waals surface area contributed by atoms with E-state index in [1.54, 1.807) is 36.3 Å². The normalized spacial score (nSPS) is 10.5. The Morgan fingerprint density at radius 2 is 1.86 bits per heavy atom. The van der Waals surface area contributed by atoms with E-state index in [0.29, 0.717) is 16.8 Å². The van der Waals surface area contributed by atoms with Crippen molar-refractivity contribution in [1.29, 1.82) is 0 Å². The van der Waals surface area contributed by atoms with E-state index in [0.717, 1.165) is 11.1 Å². The molecule has 2 N–H and O–H groups in total. The number of nitrogen functional groups attached to an aromatic ring is 1. The molecule has 0 spiro atoms. The van der Waals surface area contributed by atoms with Gasteiger partial charge in [0.2, 0.25) is 0 Å². The van der Waals surface area contributed by atoms with Gasteiger partial charge in [-0.05, 0) is 30.3 Å². The number of hydrogen-bond donors (Lipinski definition) is 1. The van der Waals surface area contributed by atoms with Crippen molar-refractivity contribution in [3.63, 3.8) is 0 Å². The monoisotopic (exact) mass is 277 g/mol. The summed E-state index contributed by atoms with van der Waals surface area (Å²) < 4.78 is 0. The molecule has 0 saturated heterocycles. The second-order valence-corrected chi connectivity index (χ2v) is 4.84. The quantitative estimate of drug-likeness (QED) is 0.732. The van der Waals surface area contributed by atoms with E-state index in [1.807, 2.05) is 36.4 Å². The summed E-state index contributed by atoms with van der Waals surface area (Å²) in [6.45, 7) is 0. The lowest BCUT2D eigenvalue weighted by Crippen LogP contribution is -2.26. The predicted molar refractivity (Wildman–Crippen MR) is 85.3 cm³/mol. The lowest BCUT2D eigenvalue weighted by molar-refractivity contribution is 0.0994. The Labute approximate surface area is 122 Å². The zero-order valence-corrected chi connectivity index (χ0v) is 11.7. The molecule has 4 heteroatoms. The van der Waals surface area contributed by atoms with Gasteiger partial charge in [0, 0.05) is 30.0 Å². The molecule has 104 valence electrons. The van der Waals surface area contributed by atoms with Gasteiger partial charge in [0.1, 0.15) is 0 Å². The highest BCUT2D eigenvalue weighted by molar-refractivity contribution is 6.12. The van der Waals surface area contributed by atoms with Gasteiger partial charge in [-0.25, -0.2) is 0 Å². The molecule has 0 bridgehead atoms. The van der Waals surface area contributed by atoms with E-state index in [9.17, 15) is 4.79 Å². The number of nitrogens with zero attached hydrogens (tertiary/aromatic N) is 2. The van der Waals surface area contributed by atoms with Crippen molar-refractivity contribution in [2.24, 2.45) is 0 Å². The average Bonchev–Trinajstić information content (AvgIpc) is 2.53. The number of hydrogen-bond acceptors (Lipinski definition) is 3. The van der Waals surface area contributed by atoms with Gasteiger partial charge in [0.25, 0.3) is 5.91 Å². The second kappa shape index (κ2) is 5.25. The smallest absolute Gasteiger partial charge is 0.260 e. The van der Waals surface area contributed by atoms with Gasteiger partial charge in [-0.1, -0.05) is 24.3 Å². The van der Waals surface area contributed by atoms with E-state index >= 15 is 0 Å². The molecule has 0 fully saturated rings. The summed E-state index contributed by atoms with van der Waals surface area (Å²) >= 11 is 0. The van der Waals surface area contributed by atoms with Crippen LogP contribution in [0.3, 0.4) is 0 Å². The highest BCUT2D eigenvalue weighted by Gasteiger charge is 2.16. The molecule has 1 heterocycles. The molecular weight excluding hydrogens is 262 g/mol. The molecule has 0 radical (unpaired) electrons. The predicted octanol–water partition coefficient (Wildman–Crippen LogP) is 3.09. The molecule has 0 atom stereocenters. The standard InChI is InChI=1S/C17H15N3O/c1-20(14-8-3-7-13(18)11-14)17(21)15-9-2-5-12-6-4-10-19-16(12)15/h2-11H,18H2,1H3. The molecule has 1 aromatic heterocycles. The van der Waals surface area contributed by atoms with Crippen LogP contribution in [0.2, 0.25) is 0 Å². The molecule has 0 aliphatic carbocycles. The van der Waals surface area contributed by atoms with Crippen LogP contribution in [0.15, 0.2) is 60.8 Å². The molecule has 3 rings (SSSR count). The van der Waals surface area contributed by atoms with E-state index in [4.69, 9.17) is 5.73 Å². The number of fused-ring (bicyclic) bond motifs is 1. The molecule has 0 saturated carbocycles. The molecule has 1 amide bonds. The maximum absolute atomic E-state index is 12.7. The first kappa shape index (κ1) is 13.1. The highest BCUT2D eigenvalue weighted by atomic mass is 16.2. The van der Waals surface area contributed by atoms with Gasteiger partial charge in [-0.15, -0.1) is 0 Å². The molecule has 0 aliphatic rings. The second-order valence-electron chi connectivity index (χ2n) is 4.84. The number of nitrogens with two attached hydrogens (primary N) is 1. The molecule has 0 unspecified atom stereocenters. The Kier molecular flexibility index (Phi) is 3.28. The van der Waals surface area contributed by atoms with Crippen molar-refractivity contribution in [3.8, 4) is 0 Å². The number of rotatable bonds is 2. The lowest BCUT2D eigenvalue weighted by Gasteiger charge is -2.18. The fourth-order valence-electron chi connectivity index (χ4n) is 2.31. The van der Waals surface area contributed by atoms with Gasteiger partial charge in [0.15, 0.2) is 0 Å². The fourth-order valence-corrected chi connectivity index (χ4v) is 2.31. The Morgan fingerprint density at radius 3 is 2.67 bits per heavy atom. The number of amides is 1. The van der Waals surface area contributed by atoms with Crippen LogP contribution < -0.4 is 10.6 Å². The van der Waals surface area contributed by atoms with Crippen molar-refractivity contribution in [2.45, 2.75) is 0 Å². The largest absolute Gasteiger partial charge is 0.399 e. The average molecular weight is 277 g/mol. The van der Waals surface area contributed by atoms with Crippen LogP contribution in [0.5, 0.6) is 0 Å². The zero-order chi connectivity index (χ0) is 14.8. The highest BCUT2D eigenvalue weighted by Crippen LogP contribution is 2.22. The number of para-hydroxylation sites is 1. The summed E-state index contributed by atoms with van der Waals surface area (Å²) in [5.74, 6) is -0.107. The number of carbonyl (C=O) groups excluding carboxylic acids is 1. The minimum absolute atomic E-state index is 0.107. The van der Waals surface area contributed by atoms with Crippen LogP contribution in [0.1, 0.15) is 10.4 Å². The summed E-state index contributed by atoms with van der Waals surface area (Å²) in [5.41, 5.74) is 8.45. The third kappa shape index (κ3) is 2.43. The van der Waals surface area contributed by atoms with Crippen molar-refractivity contribution in [1.82, 2.24) is 4.98 Å². The van der Waals surface area contributed by atoms with Crippen molar-refractivity contribution in [3.05, 3.63) is 66.4 Å². The van der Waals surface area contributed by atoms with E-state index < -0.39 is 0 Å². The third-order valence-corrected chi connectivity index (χ3v) is 3.43. The van der Waals surface area contributed by atoms with Crippen LogP contribution in [0.4, 0.5) is 11.4 Å². The lowest BCUT2D eigenvalue weighted by atomic mass is 10.1. The number of carbonyl (C=O) groups is 1. The Bertz CT molecular complexity index is 808. The van der Waals surface area contributed by atoms with Gasteiger partial charge >= 0.3 is 0 Å². The number of pyridine rings is 1. The number of anilines is 2. The first-order chi connectivity index (χ1) is 10.2. The molecular formula is C17H15N3O. The third-order valence-electron chi connectivity index (χ3n) is 3.43. The molecule has 2 aromatic carbocycles. The van der Waals surface area contributed by atoms with Gasteiger partial charge < -0.3 is 10.6 Å². The summed E-state index contributed by atoms with van der Waals surface area (Å²) in [4.78, 5) is 18.6. The first-order valence-electron chi connectivity index (χ1n) is 6.64. The van der Waals surface area contributed by atoms with Gasteiger partial charge in [0.05, 0.1) is 11.1 Å². The molecule has 4 nitrogen and oxygen atoms in total. The Hall–Kier alpha value is -2.88. The minimum atomic E-state index is -0.107. The first-order valence-corrected chi connectivity index (χ1v) is 6.64. The Morgan fingerprint density at radius 1 is 1.10 bits per heavy atom. The Balaban J connectivity index is 2.04. The van der Waals surface area contributed by atoms with Crippen molar-refractivity contribution in [2.75, 3.05) is 17.7 Å². The number of benzene rings is 2. The van der Waals surface area contributed by atoms with Crippen LogP contribution in [-0.4, -0.2) is 17.9 Å². The van der Waals surface area contributed by atoms with Crippen LogP contribution in [-0.2, 0) is 0 Å². The fraction of sp³-hybridized carbons (Fsp3) is 0.0588. The summed E-state index contributed by atoms with van der Waals surface area (Å²) in [6, 6.07) is 16.7. The molecule has 0 aliphatic heterocycles. The summed E-state index contributed by atoms with van der Waals surface area (Å²) in [7, 11) is 1.74. The van der Waals surface area contributed by atoms with E-state index in [-0.39, 0.29) is 5.91 Å². The van der Waals surface area contributed by atoms with Crippen molar-refractivity contribution < 1.29 is 4.79 Å². The minimum Gasteiger partial charge on any atom is -0.399 e. The van der Waals surface area contributed by atoms with Crippen LogP contribution in [0.25, 0.3) is 10.9 Å². The van der Waals surface area contributed by atoms with Crippen LogP contribution >= 0.6 is 0 Å². The molecule has 3 aromatic rings. The van der Waals surface area contributed by atoms with Gasteiger partial charge in [-0.2, -0.15) is 0 Å². The number of aromatic nitrogens is 1. The topological polar surface area (TPSA) is 59.2 Å². The summed E-state index contributed by atoms with van der Waals surface area (Å²) in [5, 5.41) is 0.948. The van der Waals surface area contributed by atoms with Crippen molar-refractivity contribution >= 4 is 28.2 Å². The maximum atomic E-state index is 12.7. The van der Waals surface area contributed by atoms with Crippen LogP contribution in [0, 0.1) is 0 Å². The van der Waals surface area contributed by atoms with Gasteiger partial charge in [-0.3, -0.25) is 9.78 Å². The summed E-state index contributed by atoms with van der Waals surface area (Å²) in [6.07, 6.45) is 1.69. The zero-order valence-electron chi connectivity index (χ0n) is 11.7. The molecule has 21 heavy (non-hydrogen) atoms. The van der Waals surface area contributed by atoms with E-state index in [1.165, 1.54) is 0 Å². The maximum Gasteiger partial charge on any atom is 0.260 e. The van der Waals surface area contributed by atoms with E-state index in [2.05, 4.69) is 4.98 Å². The SMILES string of the molecule is CN(C(=O)c1cccc2cccnc12)c1cccc(N)c1.